The molecule has 4 aliphatic carbocycles. The van der Waals surface area contributed by atoms with E-state index in [0.29, 0.717) is 25.4 Å². The first kappa shape index (κ1) is 19.6. The van der Waals surface area contributed by atoms with Crippen molar-refractivity contribution in [1.29, 1.82) is 0 Å². The lowest BCUT2D eigenvalue weighted by Crippen LogP contribution is -2.59. The molecular weight excluding hydrogens is 389 g/mol. The van der Waals surface area contributed by atoms with Crippen LogP contribution in [0.5, 0.6) is 5.88 Å². The average molecular weight is 417 g/mol. The molecule has 5 fully saturated rings. The first-order chi connectivity index (χ1) is 14.3. The molecule has 0 aromatic carbocycles. The quantitative estimate of drug-likeness (QED) is 0.813. The largest absolute Gasteiger partial charge is 0.470 e. The fourth-order valence-electron chi connectivity index (χ4n) is 6.42. The normalized spacial score (nSPS) is 36.7. The predicted molar refractivity (Wildman–Crippen MR) is 105 cm³/mol. The van der Waals surface area contributed by atoms with Gasteiger partial charge in [-0.2, -0.15) is 0 Å². The van der Waals surface area contributed by atoms with E-state index >= 15 is 0 Å². The van der Waals surface area contributed by atoms with E-state index in [0.717, 1.165) is 37.7 Å². The third-order valence-corrected chi connectivity index (χ3v) is 7.57. The van der Waals surface area contributed by atoms with E-state index in [1.165, 1.54) is 6.07 Å². The van der Waals surface area contributed by atoms with Crippen LogP contribution >= 0.6 is 0 Å². The van der Waals surface area contributed by atoms with Crippen LogP contribution in [0.25, 0.3) is 0 Å². The molecule has 1 aromatic rings. The lowest BCUT2D eigenvalue weighted by Gasteiger charge is -2.58. The number of hydrogen-bond acceptors (Lipinski definition) is 5. The second kappa shape index (κ2) is 7.10. The predicted octanol–water partition coefficient (Wildman–Crippen LogP) is 2.80. The molecule has 2 unspecified atom stereocenters. The molecule has 0 spiro atoms. The molecular formula is C22H28FN3O4. The summed E-state index contributed by atoms with van der Waals surface area (Å²) in [5.74, 6) is 0.239. The maximum absolute atomic E-state index is 14.0. The van der Waals surface area contributed by atoms with Crippen LogP contribution in [0.15, 0.2) is 12.3 Å². The maximum Gasteiger partial charge on any atom is 0.410 e. The molecule has 4 saturated carbocycles. The molecule has 1 aliphatic heterocycles. The Labute approximate surface area is 175 Å². The van der Waals surface area contributed by atoms with Crippen molar-refractivity contribution in [2.45, 2.75) is 57.7 Å². The number of primary amides is 1. The Morgan fingerprint density at radius 2 is 2.00 bits per heavy atom. The standard InChI is InChI=1S/C22H28FN3O4/c1-12-4-17(23)19(25-10-12)29-16-2-3-26(11-16)21(28)30-18-14-5-13-6-15(18)9-22(7-13,8-14)20(24)27/h4,10,13-16,18H,2-3,5-9,11H2,1H3,(H2,24,27)/t13?,14?,15?,16-,18?,22?/m1/s1. The van der Waals surface area contributed by atoms with Crippen LogP contribution in [0, 0.1) is 35.9 Å². The molecule has 2 amide bonds. The third kappa shape index (κ3) is 3.30. The van der Waals surface area contributed by atoms with E-state index in [1.807, 2.05) is 0 Å². The highest BCUT2D eigenvalue weighted by Crippen LogP contribution is 2.60. The SMILES string of the molecule is Cc1cnc(O[C@@H]2CCN(C(=O)OC3C4CC5CC3CC(C(N)=O)(C5)C4)C2)c(F)c1. The van der Waals surface area contributed by atoms with Gasteiger partial charge < -0.3 is 20.1 Å². The zero-order valence-corrected chi connectivity index (χ0v) is 17.2. The summed E-state index contributed by atoms with van der Waals surface area (Å²) in [6.07, 6.45) is 5.75. The summed E-state index contributed by atoms with van der Waals surface area (Å²) >= 11 is 0. The number of ether oxygens (including phenoxy) is 2. The number of nitrogens with two attached hydrogens (primary N) is 1. The molecule has 2 heterocycles. The average Bonchev–Trinajstić information content (AvgIpc) is 3.15. The highest BCUT2D eigenvalue weighted by atomic mass is 19.1. The fraction of sp³-hybridized carbons (Fsp3) is 0.682. The molecule has 2 N–H and O–H groups in total. The van der Waals surface area contributed by atoms with Gasteiger partial charge in [-0.3, -0.25) is 4.79 Å². The van der Waals surface area contributed by atoms with Crippen molar-refractivity contribution in [2.24, 2.45) is 28.9 Å². The Balaban J connectivity index is 1.19. The Kier molecular flexibility index (Phi) is 4.63. The molecule has 4 bridgehead atoms. The van der Waals surface area contributed by atoms with Gasteiger partial charge in [-0.05, 0) is 68.4 Å². The minimum absolute atomic E-state index is 0.0291. The Morgan fingerprint density at radius 1 is 1.27 bits per heavy atom. The molecule has 8 heteroatoms. The van der Waals surface area contributed by atoms with Crippen LogP contribution in [-0.2, 0) is 9.53 Å². The second-order valence-electron chi connectivity index (χ2n) is 9.74. The van der Waals surface area contributed by atoms with Crippen LogP contribution in [0.2, 0.25) is 0 Å². The van der Waals surface area contributed by atoms with Gasteiger partial charge in [-0.1, -0.05) is 0 Å². The van der Waals surface area contributed by atoms with Crippen LogP contribution in [0.3, 0.4) is 0 Å². The Bertz CT molecular complexity index is 862. The second-order valence-corrected chi connectivity index (χ2v) is 9.74. The molecule has 30 heavy (non-hydrogen) atoms. The maximum atomic E-state index is 14.0. The minimum atomic E-state index is -0.493. The van der Waals surface area contributed by atoms with Gasteiger partial charge in [0, 0.05) is 19.2 Å². The molecule has 3 atom stereocenters. The van der Waals surface area contributed by atoms with Gasteiger partial charge >= 0.3 is 6.09 Å². The van der Waals surface area contributed by atoms with Crippen molar-refractivity contribution in [3.8, 4) is 5.88 Å². The topological polar surface area (TPSA) is 94.8 Å². The van der Waals surface area contributed by atoms with Gasteiger partial charge in [-0.25, -0.2) is 14.2 Å². The minimum Gasteiger partial charge on any atom is -0.470 e. The summed E-state index contributed by atoms with van der Waals surface area (Å²) in [7, 11) is 0. The van der Waals surface area contributed by atoms with Crippen LogP contribution in [0.4, 0.5) is 9.18 Å². The molecule has 162 valence electrons. The van der Waals surface area contributed by atoms with Crippen LogP contribution in [-0.4, -0.2) is 47.2 Å². The lowest BCUT2D eigenvalue weighted by atomic mass is 9.48. The molecule has 5 aliphatic rings. The number of halogens is 1. The number of carbonyl (C=O) groups excluding carboxylic acids is 2. The van der Waals surface area contributed by atoms with Crippen LogP contribution < -0.4 is 10.5 Å². The number of hydrogen-bond donors (Lipinski definition) is 1. The van der Waals surface area contributed by atoms with E-state index in [9.17, 15) is 14.0 Å². The smallest absolute Gasteiger partial charge is 0.410 e. The van der Waals surface area contributed by atoms with Crippen molar-refractivity contribution < 1.29 is 23.5 Å². The highest BCUT2D eigenvalue weighted by Gasteiger charge is 2.59. The summed E-state index contributed by atoms with van der Waals surface area (Å²) in [5, 5.41) is 0. The number of amides is 2. The monoisotopic (exact) mass is 417 g/mol. The molecule has 0 radical (unpaired) electrons. The van der Waals surface area contributed by atoms with E-state index < -0.39 is 11.2 Å². The van der Waals surface area contributed by atoms with Crippen molar-refractivity contribution in [3.63, 3.8) is 0 Å². The van der Waals surface area contributed by atoms with Crippen molar-refractivity contribution in [3.05, 3.63) is 23.6 Å². The zero-order valence-electron chi connectivity index (χ0n) is 17.2. The number of nitrogens with zero attached hydrogens (tertiary/aromatic N) is 2. The zero-order chi connectivity index (χ0) is 21.0. The van der Waals surface area contributed by atoms with Gasteiger partial charge in [-0.15, -0.1) is 0 Å². The van der Waals surface area contributed by atoms with Crippen molar-refractivity contribution >= 4 is 12.0 Å². The number of pyridine rings is 1. The molecule has 1 saturated heterocycles. The summed E-state index contributed by atoms with van der Waals surface area (Å²) < 4.78 is 25.6. The summed E-state index contributed by atoms with van der Waals surface area (Å²) in [4.78, 5) is 30.5. The van der Waals surface area contributed by atoms with Gasteiger partial charge in [0.2, 0.25) is 5.91 Å². The van der Waals surface area contributed by atoms with Gasteiger partial charge in [0.15, 0.2) is 5.82 Å². The van der Waals surface area contributed by atoms with E-state index in [-0.39, 0.29) is 41.9 Å². The van der Waals surface area contributed by atoms with Gasteiger partial charge in [0.05, 0.1) is 12.0 Å². The molecule has 1 aromatic heterocycles. The van der Waals surface area contributed by atoms with Crippen molar-refractivity contribution in [1.82, 2.24) is 9.88 Å². The fourth-order valence-corrected chi connectivity index (χ4v) is 6.42. The highest BCUT2D eigenvalue weighted by molar-refractivity contribution is 5.81. The first-order valence-electron chi connectivity index (χ1n) is 10.9. The summed E-state index contributed by atoms with van der Waals surface area (Å²) in [6.45, 7) is 2.62. The van der Waals surface area contributed by atoms with E-state index in [1.54, 1.807) is 18.0 Å². The molecule has 6 rings (SSSR count). The molecule has 7 nitrogen and oxygen atoms in total. The number of rotatable bonds is 4. The van der Waals surface area contributed by atoms with Crippen LogP contribution in [0.1, 0.15) is 44.1 Å². The van der Waals surface area contributed by atoms with Gasteiger partial charge in [0.25, 0.3) is 5.88 Å². The summed E-state index contributed by atoms with van der Waals surface area (Å²) in [6, 6.07) is 1.38. The number of aryl methyl sites for hydroxylation is 1. The third-order valence-electron chi connectivity index (χ3n) is 7.57. The van der Waals surface area contributed by atoms with Crippen molar-refractivity contribution in [2.75, 3.05) is 13.1 Å². The Hall–Kier alpha value is -2.38. The van der Waals surface area contributed by atoms with E-state index in [2.05, 4.69) is 4.98 Å². The summed E-state index contributed by atoms with van der Waals surface area (Å²) in [5.41, 5.74) is 6.07. The van der Waals surface area contributed by atoms with E-state index in [4.69, 9.17) is 15.2 Å². The number of carbonyl (C=O) groups is 2. The number of likely N-dealkylation sites (tertiary alicyclic amines) is 1. The first-order valence-corrected chi connectivity index (χ1v) is 10.9. The number of aromatic nitrogens is 1. The Morgan fingerprint density at radius 3 is 2.67 bits per heavy atom. The lowest BCUT2D eigenvalue weighted by molar-refractivity contribution is -0.161. The van der Waals surface area contributed by atoms with Gasteiger partial charge in [0.1, 0.15) is 12.2 Å².